The van der Waals surface area contributed by atoms with Crippen molar-refractivity contribution < 1.29 is 18.9 Å². The molecule has 1 saturated heterocycles. The van der Waals surface area contributed by atoms with Crippen LogP contribution in [0.4, 0.5) is 0 Å². The van der Waals surface area contributed by atoms with Gasteiger partial charge in [-0.25, -0.2) is 0 Å². The molecule has 1 aromatic rings. The molecule has 0 amide bonds. The Hall–Kier alpha value is -0.263. The van der Waals surface area contributed by atoms with Crippen molar-refractivity contribution in [3.8, 4) is 0 Å². The second kappa shape index (κ2) is 8.77. The fourth-order valence-corrected chi connectivity index (χ4v) is 2.55. The van der Waals surface area contributed by atoms with Crippen LogP contribution in [0, 0.1) is 0 Å². The number of hydrogen-bond donors (Lipinski definition) is 0. The Morgan fingerprint density at radius 2 is 1.78 bits per heavy atom. The van der Waals surface area contributed by atoms with Gasteiger partial charge in [0.2, 0.25) is 0 Å². The van der Waals surface area contributed by atoms with Crippen LogP contribution in [0.1, 0.15) is 37.8 Å². The Bertz CT molecular complexity index is 310. The first-order valence-electron chi connectivity index (χ1n) is 6.84. The molecule has 0 N–H and O–H groups in total. The topological polar surface area (TPSA) is 17.3 Å². The minimum absolute atomic E-state index is 0. The van der Waals surface area contributed by atoms with E-state index in [0.717, 1.165) is 13.1 Å². The first kappa shape index (κ1) is 15.8. The zero-order valence-electron chi connectivity index (χ0n) is 11.8. The van der Waals surface area contributed by atoms with Gasteiger partial charge < -0.3 is 10.2 Å². The van der Waals surface area contributed by atoms with Crippen LogP contribution >= 0.6 is 0 Å². The SMILES string of the molecule is CC[N-][C@H](CN1CCCCC1)c1ccccc1.[Li+]. The Morgan fingerprint density at radius 1 is 1.11 bits per heavy atom. The number of likely N-dealkylation sites (tertiary alicyclic amines) is 1. The van der Waals surface area contributed by atoms with Crippen molar-refractivity contribution in [2.45, 2.75) is 32.2 Å². The van der Waals surface area contributed by atoms with Crippen LogP contribution in [0.25, 0.3) is 5.32 Å². The molecule has 1 heterocycles. The van der Waals surface area contributed by atoms with Gasteiger partial charge in [-0.05, 0) is 32.5 Å². The van der Waals surface area contributed by atoms with E-state index in [1.54, 1.807) is 0 Å². The second-order valence-electron chi connectivity index (χ2n) is 4.79. The average molecular weight is 238 g/mol. The van der Waals surface area contributed by atoms with E-state index in [2.05, 4.69) is 42.2 Å². The molecule has 0 bridgehead atoms. The van der Waals surface area contributed by atoms with Crippen molar-refractivity contribution in [2.24, 2.45) is 0 Å². The zero-order chi connectivity index (χ0) is 11.9. The van der Waals surface area contributed by atoms with Crippen LogP contribution < -0.4 is 18.9 Å². The molecule has 18 heavy (non-hydrogen) atoms. The molecule has 0 aliphatic carbocycles. The molecular formula is C15H23LiN2. The predicted octanol–water partition coefficient (Wildman–Crippen LogP) is 0.611. The van der Waals surface area contributed by atoms with Gasteiger partial charge in [0, 0.05) is 0 Å². The van der Waals surface area contributed by atoms with Gasteiger partial charge in [-0.2, -0.15) is 6.54 Å². The largest absolute Gasteiger partial charge is 1.00 e. The molecule has 1 aliphatic heterocycles. The fraction of sp³-hybridized carbons (Fsp3) is 0.600. The third kappa shape index (κ3) is 4.78. The smallest absolute Gasteiger partial charge is 0.655 e. The molecule has 0 radical (unpaired) electrons. The van der Waals surface area contributed by atoms with Crippen molar-refractivity contribution in [1.82, 2.24) is 4.90 Å². The van der Waals surface area contributed by atoms with Gasteiger partial charge in [0.15, 0.2) is 0 Å². The summed E-state index contributed by atoms with van der Waals surface area (Å²) in [6, 6.07) is 11.1. The maximum atomic E-state index is 4.75. The van der Waals surface area contributed by atoms with Crippen LogP contribution in [0.3, 0.4) is 0 Å². The quantitative estimate of drug-likeness (QED) is 0.687. The summed E-state index contributed by atoms with van der Waals surface area (Å²) in [5, 5.41) is 4.75. The van der Waals surface area contributed by atoms with E-state index in [0.29, 0.717) is 6.04 Å². The molecule has 1 fully saturated rings. The molecule has 1 aliphatic rings. The number of piperidine rings is 1. The first-order valence-corrected chi connectivity index (χ1v) is 6.84. The standard InChI is InChI=1S/C15H23N2.Li/c1-2-16-15(14-9-5-3-6-10-14)13-17-11-7-4-8-12-17;/h3,5-6,9-10,15H,2,4,7-8,11-13H2,1H3;/q-1;+1/t15-;/m1./s1. The van der Waals surface area contributed by atoms with Gasteiger partial charge in [-0.15, -0.1) is 0 Å². The first-order chi connectivity index (χ1) is 8.40. The minimum atomic E-state index is 0. The van der Waals surface area contributed by atoms with Gasteiger partial charge in [-0.3, -0.25) is 0 Å². The summed E-state index contributed by atoms with van der Waals surface area (Å²) in [4.78, 5) is 2.57. The molecular weight excluding hydrogens is 215 g/mol. The van der Waals surface area contributed by atoms with E-state index in [1.807, 2.05) is 0 Å². The van der Waals surface area contributed by atoms with Crippen LogP contribution in [-0.4, -0.2) is 31.1 Å². The summed E-state index contributed by atoms with van der Waals surface area (Å²) in [5.74, 6) is 0. The maximum Gasteiger partial charge on any atom is 1.00 e. The van der Waals surface area contributed by atoms with Gasteiger partial charge in [0.05, 0.1) is 0 Å². The van der Waals surface area contributed by atoms with E-state index in [9.17, 15) is 0 Å². The van der Waals surface area contributed by atoms with Crippen molar-refractivity contribution in [2.75, 3.05) is 26.2 Å². The van der Waals surface area contributed by atoms with Gasteiger partial charge in [0.1, 0.15) is 0 Å². The molecule has 1 atom stereocenters. The number of benzene rings is 1. The van der Waals surface area contributed by atoms with Crippen LogP contribution in [0.5, 0.6) is 0 Å². The summed E-state index contributed by atoms with van der Waals surface area (Å²) in [7, 11) is 0. The monoisotopic (exact) mass is 238 g/mol. The molecule has 0 saturated carbocycles. The predicted molar refractivity (Wildman–Crippen MR) is 73.4 cm³/mol. The number of hydrogen-bond acceptors (Lipinski definition) is 1. The molecule has 3 heteroatoms. The normalized spacial score (nSPS) is 18.1. The fourth-order valence-electron chi connectivity index (χ4n) is 2.55. The summed E-state index contributed by atoms with van der Waals surface area (Å²) < 4.78 is 0. The molecule has 0 spiro atoms. The van der Waals surface area contributed by atoms with Gasteiger partial charge in [0.25, 0.3) is 0 Å². The van der Waals surface area contributed by atoms with E-state index in [1.165, 1.54) is 37.9 Å². The summed E-state index contributed by atoms with van der Waals surface area (Å²) in [5.41, 5.74) is 1.36. The zero-order valence-corrected chi connectivity index (χ0v) is 11.8. The molecule has 0 aromatic heterocycles. The van der Waals surface area contributed by atoms with Crippen LogP contribution in [-0.2, 0) is 0 Å². The molecule has 94 valence electrons. The minimum Gasteiger partial charge on any atom is -0.655 e. The van der Waals surface area contributed by atoms with Gasteiger partial charge >= 0.3 is 18.9 Å². The maximum absolute atomic E-state index is 4.75. The molecule has 1 aromatic carbocycles. The Labute approximate surface area is 123 Å². The van der Waals surface area contributed by atoms with E-state index < -0.39 is 0 Å². The van der Waals surface area contributed by atoms with E-state index in [4.69, 9.17) is 5.32 Å². The summed E-state index contributed by atoms with van der Waals surface area (Å²) >= 11 is 0. The van der Waals surface area contributed by atoms with Gasteiger partial charge in [-0.1, -0.05) is 55.3 Å². The second-order valence-corrected chi connectivity index (χ2v) is 4.79. The summed E-state index contributed by atoms with van der Waals surface area (Å²) in [6.07, 6.45) is 4.11. The third-order valence-corrected chi connectivity index (χ3v) is 3.47. The van der Waals surface area contributed by atoms with Crippen molar-refractivity contribution in [3.05, 3.63) is 41.2 Å². The molecule has 0 unspecified atom stereocenters. The average Bonchev–Trinajstić information content (AvgIpc) is 2.40. The third-order valence-electron chi connectivity index (χ3n) is 3.47. The van der Waals surface area contributed by atoms with Crippen molar-refractivity contribution >= 4 is 0 Å². The van der Waals surface area contributed by atoms with Crippen molar-refractivity contribution in [1.29, 1.82) is 0 Å². The Balaban J connectivity index is 0.00000162. The number of likely N-dealkylation sites (N-methyl/N-ethyl adjacent to an activating group) is 1. The molecule has 2 nitrogen and oxygen atoms in total. The molecule has 2 rings (SSSR count). The van der Waals surface area contributed by atoms with Crippen LogP contribution in [0.15, 0.2) is 30.3 Å². The number of nitrogens with zero attached hydrogens (tertiary/aromatic N) is 2. The van der Waals surface area contributed by atoms with E-state index in [-0.39, 0.29) is 18.9 Å². The Morgan fingerprint density at radius 3 is 2.39 bits per heavy atom. The van der Waals surface area contributed by atoms with E-state index >= 15 is 0 Å². The number of rotatable bonds is 5. The van der Waals surface area contributed by atoms with Crippen molar-refractivity contribution in [3.63, 3.8) is 0 Å². The summed E-state index contributed by atoms with van der Waals surface area (Å²) in [6.45, 7) is 6.64. The Kier molecular flexibility index (Phi) is 7.70. The van der Waals surface area contributed by atoms with Crippen LogP contribution in [0.2, 0.25) is 0 Å².